The average Bonchev–Trinajstić information content (AvgIpc) is 2.38. The van der Waals surface area contributed by atoms with Crippen molar-refractivity contribution in [1.82, 2.24) is 5.32 Å². The molecule has 0 unspecified atom stereocenters. The van der Waals surface area contributed by atoms with Crippen LogP contribution in [0, 0.1) is 6.92 Å². The minimum atomic E-state index is 0.685. The van der Waals surface area contributed by atoms with E-state index in [1.165, 1.54) is 22.3 Å². The van der Waals surface area contributed by atoms with Crippen molar-refractivity contribution in [3.63, 3.8) is 0 Å². The summed E-state index contributed by atoms with van der Waals surface area (Å²) in [6.07, 6.45) is 0. The fraction of sp³-hybridized carbons (Fsp3) is 0.412. The Balaban J connectivity index is 2.96. The molecule has 0 aliphatic carbocycles. The predicted octanol–water partition coefficient (Wildman–Crippen LogP) is 4.02. The van der Waals surface area contributed by atoms with Gasteiger partial charge in [0, 0.05) is 19.4 Å². The normalized spacial score (nSPS) is 10.2. The zero-order chi connectivity index (χ0) is 14.4. The van der Waals surface area contributed by atoms with Crippen molar-refractivity contribution in [1.29, 1.82) is 0 Å². The smallest absolute Gasteiger partial charge is 0.0635 e. The van der Waals surface area contributed by atoms with Gasteiger partial charge in [-0.1, -0.05) is 24.3 Å². The summed E-state index contributed by atoms with van der Waals surface area (Å²) >= 11 is 0. The number of benzene rings is 1. The van der Waals surface area contributed by atoms with Crippen LogP contribution < -0.4 is 5.32 Å². The van der Waals surface area contributed by atoms with Gasteiger partial charge in [0.15, 0.2) is 0 Å². The fourth-order valence-electron chi connectivity index (χ4n) is 1.89. The average molecular weight is 259 g/mol. The van der Waals surface area contributed by atoms with Crippen molar-refractivity contribution in [3.8, 4) is 0 Å². The van der Waals surface area contributed by atoms with Crippen LogP contribution in [0.25, 0.3) is 11.3 Å². The molecule has 0 amide bonds. The Kier molecular flexibility index (Phi) is 5.84. The molecule has 0 aliphatic rings. The minimum Gasteiger partial charge on any atom is -0.383 e. The van der Waals surface area contributed by atoms with Crippen LogP contribution in [0.4, 0.5) is 0 Å². The van der Waals surface area contributed by atoms with Crippen molar-refractivity contribution in [2.45, 2.75) is 27.7 Å². The summed E-state index contributed by atoms with van der Waals surface area (Å²) in [5, 5.41) is 3.28. The Bertz CT molecular complexity index is 482. The third-order valence-electron chi connectivity index (χ3n) is 3.38. The summed E-state index contributed by atoms with van der Waals surface area (Å²) in [4.78, 5) is 0. The van der Waals surface area contributed by atoms with E-state index in [1.807, 2.05) is 0 Å². The number of hydrogen-bond donors (Lipinski definition) is 1. The molecule has 104 valence electrons. The second-order valence-corrected chi connectivity index (χ2v) is 5.05. The van der Waals surface area contributed by atoms with E-state index in [4.69, 9.17) is 4.74 Å². The van der Waals surface area contributed by atoms with E-state index in [9.17, 15) is 0 Å². The Morgan fingerprint density at radius 2 is 1.95 bits per heavy atom. The van der Waals surface area contributed by atoms with Gasteiger partial charge < -0.3 is 10.1 Å². The summed E-state index contributed by atoms with van der Waals surface area (Å²) in [6, 6.07) is 6.47. The molecule has 1 aromatic carbocycles. The predicted molar refractivity (Wildman–Crippen MR) is 84.0 cm³/mol. The van der Waals surface area contributed by atoms with Gasteiger partial charge >= 0.3 is 0 Å². The van der Waals surface area contributed by atoms with Crippen LogP contribution in [-0.2, 0) is 4.74 Å². The van der Waals surface area contributed by atoms with Crippen molar-refractivity contribution in [3.05, 3.63) is 47.0 Å². The van der Waals surface area contributed by atoms with E-state index in [2.05, 4.69) is 57.8 Å². The third kappa shape index (κ3) is 4.25. The summed E-state index contributed by atoms with van der Waals surface area (Å²) in [5.41, 5.74) is 7.36. The van der Waals surface area contributed by atoms with Crippen molar-refractivity contribution in [2.75, 3.05) is 20.3 Å². The van der Waals surface area contributed by atoms with Crippen LogP contribution in [0.3, 0.4) is 0 Å². The highest BCUT2D eigenvalue weighted by Crippen LogP contribution is 2.24. The first kappa shape index (κ1) is 15.5. The molecular formula is C17H25NO. The number of allylic oxidation sites excluding steroid dienone is 2. The van der Waals surface area contributed by atoms with Crippen LogP contribution in [0.15, 0.2) is 30.4 Å². The Hall–Kier alpha value is -1.54. The first-order valence-electron chi connectivity index (χ1n) is 6.64. The Labute approximate surface area is 117 Å². The van der Waals surface area contributed by atoms with Crippen LogP contribution in [0.1, 0.15) is 37.5 Å². The van der Waals surface area contributed by atoms with Gasteiger partial charge in [-0.3, -0.25) is 0 Å². The van der Waals surface area contributed by atoms with Crippen LogP contribution >= 0.6 is 0 Å². The standard InChI is InChI=1S/C17H25NO/c1-12(2)14(4)17-11-16(8-7-13(17)3)15(5)18-9-10-19-6/h7-8,11,18H,5,9-10H2,1-4,6H3. The monoisotopic (exact) mass is 259 g/mol. The van der Waals surface area contributed by atoms with Gasteiger partial charge in [-0.15, -0.1) is 0 Å². The number of methoxy groups -OCH3 is 1. The summed E-state index contributed by atoms with van der Waals surface area (Å²) in [7, 11) is 1.70. The highest BCUT2D eigenvalue weighted by Gasteiger charge is 2.06. The largest absolute Gasteiger partial charge is 0.383 e. The van der Waals surface area contributed by atoms with Crippen LogP contribution in [0.2, 0.25) is 0 Å². The molecule has 1 N–H and O–H groups in total. The van der Waals surface area contributed by atoms with Gasteiger partial charge in [0.2, 0.25) is 0 Å². The lowest BCUT2D eigenvalue weighted by Gasteiger charge is -2.14. The van der Waals surface area contributed by atoms with Gasteiger partial charge in [0.1, 0.15) is 0 Å². The van der Waals surface area contributed by atoms with Gasteiger partial charge in [0.25, 0.3) is 0 Å². The van der Waals surface area contributed by atoms with E-state index in [0.29, 0.717) is 6.61 Å². The number of nitrogens with one attached hydrogen (secondary N) is 1. The molecule has 0 atom stereocenters. The van der Waals surface area contributed by atoms with Crippen LogP contribution in [-0.4, -0.2) is 20.3 Å². The summed E-state index contributed by atoms with van der Waals surface area (Å²) < 4.78 is 5.03. The Morgan fingerprint density at radius 1 is 1.26 bits per heavy atom. The highest BCUT2D eigenvalue weighted by molar-refractivity contribution is 5.73. The van der Waals surface area contributed by atoms with E-state index < -0.39 is 0 Å². The zero-order valence-electron chi connectivity index (χ0n) is 12.8. The van der Waals surface area contributed by atoms with E-state index in [1.54, 1.807) is 7.11 Å². The molecule has 1 rings (SSSR count). The van der Waals surface area contributed by atoms with Gasteiger partial charge in [-0.05, 0) is 56.0 Å². The molecule has 2 heteroatoms. The molecule has 0 spiro atoms. The van der Waals surface area contributed by atoms with Crippen molar-refractivity contribution < 1.29 is 4.74 Å². The molecule has 0 aromatic heterocycles. The lowest BCUT2D eigenvalue weighted by molar-refractivity contribution is 0.203. The maximum absolute atomic E-state index is 5.03. The van der Waals surface area contributed by atoms with E-state index in [-0.39, 0.29) is 0 Å². The molecule has 0 fully saturated rings. The van der Waals surface area contributed by atoms with E-state index in [0.717, 1.165) is 17.8 Å². The topological polar surface area (TPSA) is 21.3 Å². The molecule has 0 bridgehead atoms. The third-order valence-corrected chi connectivity index (χ3v) is 3.38. The second kappa shape index (κ2) is 7.15. The van der Waals surface area contributed by atoms with Gasteiger partial charge in [-0.2, -0.15) is 0 Å². The first-order chi connectivity index (χ1) is 8.97. The van der Waals surface area contributed by atoms with Crippen molar-refractivity contribution in [2.24, 2.45) is 0 Å². The lowest BCUT2D eigenvalue weighted by Crippen LogP contribution is -2.17. The molecule has 19 heavy (non-hydrogen) atoms. The number of hydrogen-bond acceptors (Lipinski definition) is 2. The molecule has 1 aromatic rings. The molecule has 0 radical (unpaired) electrons. The minimum absolute atomic E-state index is 0.685. The molecule has 0 saturated carbocycles. The maximum Gasteiger partial charge on any atom is 0.0635 e. The molecule has 0 heterocycles. The zero-order valence-corrected chi connectivity index (χ0v) is 12.8. The summed E-state index contributed by atoms with van der Waals surface area (Å²) in [5.74, 6) is 0. The number of rotatable bonds is 6. The molecule has 2 nitrogen and oxygen atoms in total. The van der Waals surface area contributed by atoms with Gasteiger partial charge in [0.05, 0.1) is 6.61 Å². The quantitative estimate of drug-likeness (QED) is 0.779. The summed E-state index contributed by atoms with van der Waals surface area (Å²) in [6.45, 7) is 14.2. The first-order valence-corrected chi connectivity index (χ1v) is 6.64. The molecule has 0 saturated heterocycles. The maximum atomic E-state index is 5.03. The van der Waals surface area contributed by atoms with Crippen LogP contribution in [0.5, 0.6) is 0 Å². The SMILES string of the molecule is C=C(NCCOC)c1ccc(C)c(C(C)=C(C)C)c1. The number of ether oxygens (including phenoxy) is 1. The van der Waals surface area contributed by atoms with Gasteiger partial charge in [-0.25, -0.2) is 0 Å². The van der Waals surface area contributed by atoms with E-state index >= 15 is 0 Å². The molecular weight excluding hydrogens is 234 g/mol. The second-order valence-electron chi connectivity index (χ2n) is 5.05. The lowest BCUT2D eigenvalue weighted by atomic mass is 9.95. The number of aryl methyl sites for hydroxylation is 1. The Morgan fingerprint density at radius 3 is 2.53 bits per heavy atom. The fourth-order valence-corrected chi connectivity index (χ4v) is 1.89. The van der Waals surface area contributed by atoms with Crippen molar-refractivity contribution >= 4 is 11.3 Å². The molecule has 0 aliphatic heterocycles. The highest BCUT2D eigenvalue weighted by atomic mass is 16.5.